The molecule has 5 rings (SSSR count). The van der Waals surface area contributed by atoms with E-state index in [1.165, 1.54) is 0 Å². The fourth-order valence-electron chi connectivity index (χ4n) is 5.06. The molecular formula is C30H36N6O2. The molecule has 38 heavy (non-hydrogen) atoms. The molecule has 1 saturated heterocycles. The summed E-state index contributed by atoms with van der Waals surface area (Å²) in [7, 11) is 5.93. The smallest absolute Gasteiger partial charge is 0.252 e. The molecule has 1 N–H and O–H groups in total. The molecule has 8 heteroatoms. The number of rotatable bonds is 7. The minimum absolute atomic E-state index is 0.115. The molecule has 1 aliphatic heterocycles. The maximum Gasteiger partial charge on any atom is 0.252 e. The first-order chi connectivity index (χ1) is 18.2. The van der Waals surface area contributed by atoms with E-state index in [0.717, 1.165) is 65.1 Å². The zero-order valence-corrected chi connectivity index (χ0v) is 22.8. The Hall–Kier alpha value is -3.91. The zero-order valence-electron chi connectivity index (χ0n) is 22.8. The maximum absolute atomic E-state index is 13.5. The lowest BCUT2D eigenvalue weighted by Crippen LogP contribution is -2.38. The predicted octanol–water partition coefficient (Wildman–Crippen LogP) is 4.76. The van der Waals surface area contributed by atoms with Gasteiger partial charge < -0.3 is 15.0 Å². The Morgan fingerprint density at radius 1 is 0.974 bits per heavy atom. The molecule has 1 aliphatic rings. The molecule has 0 saturated carbocycles. The van der Waals surface area contributed by atoms with E-state index in [4.69, 9.17) is 4.74 Å². The van der Waals surface area contributed by atoms with Gasteiger partial charge in [-0.25, -0.2) is 0 Å². The van der Waals surface area contributed by atoms with Crippen molar-refractivity contribution in [1.82, 2.24) is 29.8 Å². The molecule has 0 unspecified atom stereocenters. The minimum Gasteiger partial charge on any atom is -0.489 e. The Bertz CT molecular complexity index is 1380. The number of piperidine rings is 1. The first kappa shape index (κ1) is 25.7. The van der Waals surface area contributed by atoms with Gasteiger partial charge in [0, 0.05) is 49.7 Å². The number of ether oxygens (including phenoxy) is 1. The van der Waals surface area contributed by atoms with Gasteiger partial charge in [-0.15, -0.1) is 0 Å². The summed E-state index contributed by atoms with van der Waals surface area (Å²) in [5.74, 6) is 0.627. The van der Waals surface area contributed by atoms with Gasteiger partial charge in [-0.05, 0) is 92.9 Å². The van der Waals surface area contributed by atoms with Crippen LogP contribution in [0.4, 0.5) is 0 Å². The number of nitrogens with one attached hydrogen (secondary N) is 1. The number of aryl methyl sites for hydroxylation is 3. The van der Waals surface area contributed by atoms with Crippen molar-refractivity contribution in [1.29, 1.82) is 0 Å². The van der Waals surface area contributed by atoms with Crippen molar-refractivity contribution in [3.63, 3.8) is 0 Å². The van der Waals surface area contributed by atoms with Crippen LogP contribution < -0.4 is 10.1 Å². The number of benzene rings is 2. The van der Waals surface area contributed by atoms with Gasteiger partial charge in [-0.3, -0.25) is 14.2 Å². The normalized spacial score (nSPS) is 16.8. The maximum atomic E-state index is 13.5. The molecule has 2 aromatic heterocycles. The summed E-state index contributed by atoms with van der Waals surface area (Å²) in [6.07, 6.45) is 10.00. The predicted molar refractivity (Wildman–Crippen MR) is 149 cm³/mol. The number of hydrogen-bond acceptors (Lipinski definition) is 5. The Labute approximate surface area is 224 Å². The molecule has 3 heterocycles. The van der Waals surface area contributed by atoms with Crippen molar-refractivity contribution in [2.75, 3.05) is 20.1 Å². The van der Waals surface area contributed by atoms with Crippen LogP contribution in [-0.2, 0) is 14.1 Å². The Morgan fingerprint density at radius 3 is 2.21 bits per heavy atom. The highest BCUT2D eigenvalue weighted by Gasteiger charge is 2.21. The number of aromatic nitrogens is 4. The Balaban J connectivity index is 1.39. The Morgan fingerprint density at radius 2 is 1.63 bits per heavy atom. The number of likely N-dealkylation sites (N-methyl/N-ethyl adjacent to an activating group) is 1. The van der Waals surface area contributed by atoms with E-state index in [0.29, 0.717) is 5.56 Å². The van der Waals surface area contributed by atoms with Gasteiger partial charge >= 0.3 is 0 Å². The van der Waals surface area contributed by atoms with Gasteiger partial charge in [0.1, 0.15) is 11.9 Å². The molecule has 0 bridgehead atoms. The second-order valence-electron chi connectivity index (χ2n) is 10.5. The molecule has 8 nitrogen and oxygen atoms in total. The molecular weight excluding hydrogens is 476 g/mol. The lowest BCUT2D eigenvalue weighted by molar-refractivity contribution is 0.0933. The van der Waals surface area contributed by atoms with Crippen molar-refractivity contribution in [3.05, 3.63) is 77.9 Å². The highest BCUT2D eigenvalue weighted by atomic mass is 16.5. The first-order valence-corrected chi connectivity index (χ1v) is 13.1. The van der Waals surface area contributed by atoms with Crippen molar-refractivity contribution < 1.29 is 9.53 Å². The van der Waals surface area contributed by atoms with E-state index < -0.39 is 0 Å². The van der Waals surface area contributed by atoms with Crippen LogP contribution in [0.3, 0.4) is 0 Å². The molecule has 2 atom stereocenters. The second-order valence-corrected chi connectivity index (χ2v) is 10.5. The monoisotopic (exact) mass is 512 g/mol. The van der Waals surface area contributed by atoms with Crippen LogP contribution in [0, 0.1) is 6.92 Å². The third kappa shape index (κ3) is 5.81. The average molecular weight is 513 g/mol. The topological polar surface area (TPSA) is 77.2 Å². The van der Waals surface area contributed by atoms with Crippen LogP contribution in [0.15, 0.2) is 61.2 Å². The molecule has 0 aliphatic carbocycles. The number of hydrogen-bond donors (Lipinski definition) is 1. The standard InChI is InChI=1S/C30H36N6O2/c1-20-8-9-27(38-28-7-6-10-34(3)19-28)14-29(20)30(37)33-21(2)22-11-23(25-15-31-35(4)17-25)13-24(12-22)26-16-32-36(5)18-26/h8-9,11-18,21,28H,6-7,10,19H2,1-5H3,(H,33,37)/t21-,28+/m1/s1. The number of nitrogens with zero attached hydrogens (tertiary/aromatic N) is 5. The van der Waals surface area contributed by atoms with E-state index in [-0.39, 0.29) is 18.1 Å². The van der Waals surface area contributed by atoms with Crippen LogP contribution in [0.1, 0.15) is 47.3 Å². The fourth-order valence-corrected chi connectivity index (χ4v) is 5.06. The summed E-state index contributed by atoms with van der Waals surface area (Å²) in [5.41, 5.74) is 6.68. The van der Waals surface area contributed by atoms with Crippen molar-refractivity contribution in [2.45, 2.75) is 38.8 Å². The largest absolute Gasteiger partial charge is 0.489 e. The summed E-state index contributed by atoms with van der Waals surface area (Å²) in [6, 6.07) is 12.0. The lowest BCUT2D eigenvalue weighted by atomic mass is 9.96. The lowest BCUT2D eigenvalue weighted by Gasteiger charge is -2.30. The molecule has 1 fully saturated rings. The minimum atomic E-state index is -0.217. The van der Waals surface area contributed by atoms with E-state index >= 15 is 0 Å². The number of carbonyl (C=O) groups is 1. The van der Waals surface area contributed by atoms with Crippen LogP contribution in [-0.4, -0.2) is 56.6 Å². The summed E-state index contributed by atoms with van der Waals surface area (Å²) < 4.78 is 9.84. The quantitative estimate of drug-likeness (QED) is 0.386. The number of carbonyl (C=O) groups excluding carboxylic acids is 1. The van der Waals surface area contributed by atoms with Crippen LogP contribution in [0.25, 0.3) is 22.3 Å². The molecule has 0 spiro atoms. The van der Waals surface area contributed by atoms with Gasteiger partial charge in [0.05, 0.1) is 18.4 Å². The third-order valence-corrected chi connectivity index (χ3v) is 7.22. The van der Waals surface area contributed by atoms with Gasteiger partial charge in [0.15, 0.2) is 0 Å². The molecule has 198 valence electrons. The van der Waals surface area contributed by atoms with E-state index in [2.05, 4.69) is 45.7 Å². The summed E-state index contributed by atoms with van der Waals surface area (Å²) in [6.45, 7) is 5.98. The molecule has 2 aromatic carbocycles. The zero-order chi connectivity index (χ0) is 26.8. The van der Waals surface area contributed by atoms with E-state index in [9.17, 15) is 4.79 Å². The highest BCUT2D eigenvalue weighted by molar-refractivity contribution is 5.96. The summed E-state index contributed by atoms with van der Waals surface area (Å²) in [5, 5.41) is 11.9. The van der Waals surface area contributed by atoms with Crippen LogP contribution >= 0.6 is 0 Å². The summed E-state index contributed by atoms with van der Waals surface area (Å²) >= 11 is 0. The van der Waals surface area contributed by atoms with Gasteiger partial charge in [-0.2, -0.15) is 10.2 Å². The molecule has 0 radical (unpaired) electrons. The van der Waals surface area contributed by atoms with Crippen molar-refractivity contribution in [3.8, 4) is 28.0 Å². The molecule has 4 aromatic rings. The average Bonchev–Trinajstić information content (AvgIpc) is 3.53. The van der Waals surface area contributed by atoms with Crippen molar-refractivity contribution in [2.24, 2.45) is 14.1 Å². The van der Waals surface area contributed by atoms with Crippen LogP contribution in [0.2, 0.25) is 0 Å². The molecule has 1 amide bonds. The third-order valence-electron chi connectivity index (χ3n) is 7.22. The van der Waals surface area contributed by atoms with Crippen molar-refractivity contribution >= 4 is 5.91 Å². The summed E-state index contributed by atoms with van der Waals surface area (Å²) in [4.78, 5) is 15.7. The first-order valence-electron chi connectivity index (χ1n) is 13.1. The number of amides is 1. The van der Waals surface area contributed by atoms with Gasteiger partial charge in [-0.1, -0.05) is 6.07 Å². The SMILES string of the molecule is Cc1ccc(O[C@H]2CCCN(C)C2)cc1C(=O)N[C@H](C)c1cc(-c2cnn(C)c2)cc(-c2cnn(C)c2)c1. The van der Waals surface area contributed by atoms with Gasteiger partial charge in [0.25, 0.3) is 5.91 Å². The van der Waals surface area contributed by atoms with E-state index in [1.807, 2.05) is 70.9 Å². The number of likely N-dealkylation sites (tertiary alicyclic amines) is 1. The second kappa shape index (κ2) is 10.8. The van der Waals surface area contributed by atoms with Crippen LogP contribution in [0.5, 0.6) is 5.75 Å². The highest BCUT2D eigenvalue weighted by Crippen LogP contribution is 2.31. The Kier molecular flexibility index (Phi) is 7.33. The fraction of sp³-hybridized carbons (Fsp3) is 0.367. The van der Waals surface area contributed by atoms with E-state index in [1.54, 1.807) is 9.36 Å². The van der Waals surface area contributed by atoms with Gasteiger partial charge in [0.2, 0.25) is 0 Å².